The maximum atomic E-state index is 12.8. The Kier molecular flexibility index (Phi) is 6.14. The summed E-state index contributed by atoms with van der Waals surface area (Å²) in [6.07, 6.45) is -0.329. The zero-order valence-electron chi connectivity index (χ0n) is 12.9. The number of anilines is 1. The molecule has 2 aromatic rings. The van der Waals surface area contributed by atoms with Crippen molar-refractivity contribution in [3.8, 4) is 5.75 Å². The fourth-order valence-electron chi connectivity index (χ4n) is 1.96. The van der Waals surface area contributed by atoms with Crippen LogP contribution in [0, 0.1) is 5.82 Å². The number of rotatable bonds is 6. The smallest absolute Gasteiger partial charge is 0.233 e. The summed E-state index contributed by atoms with van der Waals surface area (Å²) in [7, 11) is 1.49. The fourth-order valence-corrected chi connectivity index (χ4v) is 2.22. The van der Waals surface area contributed by atoms with E-state index in [9.17, 15) is 14.0 Å². The maximum Gasteiger partial charge on any atom is 0.233 e. The van der Waals surface area contributed by atoms with E-state index >= 15 is 0 Å². The summed E-state index contributed by atoms with van der Waals surface area (Å²) in [5, 5.41) is 5.54. The molecule has 0 radical (unpaired) electrons. The highest BCUT2D eigenvalue weighted by Gasteiger charge is 2.10. The van der Waals surface area contributed by atoms with Crippen molar-refractivity contribution in [1.29, 1.82) is 0 Å². The van der Waals surface area contributed by atoms with Gasteiger partial charge in [-0.3, -0.25) is 9.59 Å². The van der Waals surface area contributed by atoms with Gasteiger partial charge in [-0.15, -0.1) is 0 Å². The molecule has 0 saturated heterocycles. The quantitative estimate of drug-likeness (QED) is 0.786. The zero-order valence-corrected chi connectivity index (χ0v) is 13.7. The van der Waals surface area contributed by atoms with Gasteiger partial charge in [-0.1, -0.05) is 23.7 Å². The Morgan fingerprint density at radius 1 is 1.12 bits per heavy atom. The second-order valence-electron chi connectivity index (χ2n) is 4.98. The first kappa shape index (κ1) is 17.7. The number of hydrogen-bond acceptors (Lipinski definition) is 3. The Morgan fingerprint density at radius 2 is 1.83 bits per heavy atom. The minimum Gasteiger partial charge on any atom is -0.495 e. The number of carbonyl (C=O) groups is 2. The van der Waals surface area contributed by atoms with Crippen molar-refractivity contribution in [2.45, 2.75) is 13.0 Å². The molecular weight excluding hydrogens is 335 g/mol. The predicted molar refractivity (Wildman–Crippen MR) is 89.5 cm³/mol. The van der Waals surface area contributed by atoms with Gasteiger partial charge >= 0.3 is 0 Å². The van der Waals surface area contributed by atoms with Crippen molar-refractivity contribution in [3.05, 3.63) is 58.9 Å². The molecule has 126 valence electrons. The minimum atomic E-state index is -0.465. The molecule has 7 heteroatoms. The average molecular weight is 351 g/mol. The molecule has 0 spiro atoms. The van der Waals surface area contributed by atoms with E-state index in [1.54, 1.807) is 24.3 Å². The standard InChI is InChI=1S/C17H16ClFN2O3/c1-24-15-7-6-13(8-14(15)18)21-17(23)9-16(22)20-10-11-2-4-12(19)5-3-11/h2-8H,9-10H2,1H3,(H,20,22)(H,21,23). The van der Waals surface area contributed by atoms with Gasteiger partial charge < -0.3 is 15.4 Å². The summed E-state index contributed by atoms with van der Waals surface area (Å²) >= 11 is 5.97. The fraction of sp³-hybridized carbons (Fsp3) is 0.176. The Balaban J connectivity index is 1.82. The summed E-state index contributed by atoms with van der Waals surface area (Å²) in [4.78, 5) is 23.6. The molecular formula is C17H16ClFN2O3. The Morgan fingerprint density at radius 3 is 2.46 bits per heavy atom. The van der Waals surface area contributed by atoms with E-state index in [1.807, 2.05) is 0 Å². The number of halogens is 2. The Bertz CT molecular complexity index is 735. The van der Waals surface area contributed by atoms with Gasteiger partial charge in [0.2, 0.25) is 11.8 Å². The van der Waals surface area contributed by atoms with Gasteiger partial charge in [0.05, 0.1) is 12.1 Å². The molecule has 0 heterocycles. The highest BCUT2D eigenvalue weighted by Crippen LogP contribution is 2.27. The third kappa shape index (κ3) is 5.24. The number of benzene rings is 2. The first-order valence-corrected chi connectivity index (χ1v) is 7.50. The second-order valence-corrected chi connectivity index (χ2v) is 5.38. The molecule has 24 heavy (non-hydrogen) atoms. The number of amides is 2. The van der Waals surface area contributed by atoms with Crippen LogP contribution in [0.25, 0.3) is 0 Å². The maximum absolute atomic E-state index is 12.8. The molecule has 0 saturated carbocycles. The van der Waals surface area contributed by atoms with Crippen LogP contribution in [0.5, 0.6) is 5.75 Å². The van der Waals surface area contributed by atoms with Crippen LogP contribution in [-0.2, 0) is 16.1 Å². The number of hydrogen-bond donors (Lipinski definition) is 2. The van der Waals surface area contributed by atoms with Crippen LogP contribution in [0.2, 0.25) is 5.02 Å². The van der Waals surface area contributed by atoms with Gasteiger partial charge in [-0.05, 0) is 35.9 Å². The first-order chi connectivity index (χ1) is 11.5. The van der Waals surface area contributed by atoms with E-state index in [4.69, 9.17) is 16.3 Å². The molecule has 0 atom stereocenters. The third-order valence-corrected chi connectivity index (χ3v) is 3.45. The molecule has 0 aromatic heterocycles. The highest BCUT2D eigenvalue weighted by molar-refractivity contribution is 6.32. The third-order valence-electron chi connectivity index (χ3n) is 3.16. The first-order valence-electron chi connectivity index (χ1n) is 7.12. The van der Waals surface area contributed by atoms with Gasteiger partial charge in [-0.2, -0.15) is 0 Å². The summed E-state index contributed by atoms with van der Waals surface area (Å²) in [6, 6.07) is 10.5. The monoisotopic (exact) mass is 350 g/mol. The number of nitrogens with one attached hydrogen (secondary N) is 2. The molecule has 0 aliphatic carbocycles. The van der Waals surface area contributed by atoms with Crippen molar-refractivity contribution in [1.82, 2.24) is 5.32 Å². The van der Waals surface area contributed by atoms with Crippen LogP contribution in [0.4, 0.5) is 10.1 Å². The Hall–Kier alpha value is -2.60. The lowest BCUT2D eigenvalue weighted by Gasteiger charge is -2.08. The minimum absolute atomic E-state index is 0.223. The van der Waals surface area contributed by atoms with E-state index < -0.39 is 11.8 Å². The van der Waals surface area contributed by atoms with Crippen molar-refractivity contribution < 1.29 is 18.7 Å². The molecule has 5 nitrogen and oxygen atoms in total. The van der Waals surface area contributed by atoms with Gasteiger partial charge in [0.25, 0.3) is 0 Å². The normalized spacial score (nSPS) is 10.1. The van der Waals surface area contributed by atoms with Gasteiger partial charge in [0.15, 0.2) is 0 Å². The van der Waals surface area contributed by atoms with Crippen LogP contribution >= 0.6 is 11.6 Å². The van der Waals surface area contributed by atoms with E-state index in [0.717, 1.165) is 5.56 Å². The lowest BCUT2D eigenvalue weighted by Crippen LogP contribution is -2.27. The van der Waals surface area contributed by atoms with Gasteiger partial charge in [0, 0.05) is 12.2 Å². The van der Waals surface area contributed by atoms with Crippen molar-refractivity contribution >= 4 is 29.1 Å². The van der Waals surface area contributed by atoms with Crippen molar-refractivity contribution in [2.24, 2.45) is 0 Å². The molecule has 0 aliphatic heterocycles. The van der Waals surface area contributed by atoms with Crippen LogP contribution in [-0.4, -0.2) is 18.9 Å². The topological polar surface area (TPSA) is 67.4 Å². The summed E-state index contributed by atoms with van der Waals surface area (Å²) in [6.45, 7) is 0.223. The van der Waals surface area contributed by atoms with E-state index in [0.29, 0.717) is 16.5 Å². The lowest BCUT2D eigenvalue weighted by molar-refractivity contribution is -0.126. The summed E-state index contributed by atoms with van der Waals surface area (Å²) in [5.41, 5.74) is 1.21. The molecule has 0 aliphatic rings. The van der Waals surface area contributed by atoms with E-state index in [-0.39, 0.29) is 18.8 Å². The SMILES string of the molecule is COc1ccc(NC(=O)CC(=O)NCc2ccc(F)cc2)cc1Cl. The molecule has 2 rings (SSSR count). The lowest BCUT2D eigenvalue weighted by atomic mass is 10.2. The predicted octanol–water partition coefficient (Wildman–Crippen LogP) is 3.13. The van der Waals surface area contributed by atoms with Crippen LogP contribution in [0.1, 0.15) is 12.0 Å². The molecule has 0 bridgehead atoms. The summed E-state index contributed by atoms with van der Waals surface area (Å²) < 4.78 is 17.8. The molecule has 2 amide bonds. The molecule has 2 aromatic carbocycles. The van der Waals surface area contributed by atoms with E-state index in [1.165, 1.54) is 25.3 Å². The number of methoxy groups -OCH3 is 1. The van der Waals surface area contributed by atoms with Gasteiger partial charge in [0.1, 0.15) is 18.0 Å². The Labute approximate surface area is 143 Å². The van der Waals surface area contributed by atoms with Crippen molar-refractivity contribution in [2.75, 3.05) is 12.4 Å². The van der Waals surface area contributed by atoms with Crippen LogP contribution < -0.4 is 15.4 Å². The molecule has 0 unspecified atom stereocenters. The van der Waals surface area contributed by atoms with Gasteiger partial charge in [-0.25, -0.2) is 4.39 Å². The van der Waals surface area contributed by atoms with E-state index in [2.05, 4.69) is 10.6 Å². The molecule has 0 fully saturated rings. The summed E-state index contributed by atoms with van der Waals surface area (Å²) in [5.74, 6) is -0.751. The highest BCUT2D eigenvalue weighted by atomic mass is 35.5. The number of carbonyl (C=O) groups excluding carboxylic acids is 2. The van der Waals surface area contributed by atoms with Crippen molar-refractivity contribution in [3.63, 3.8) is 0 Å². The molecule has 2 N–H and O–H groups in total. The average Bonchev–Trinajstić information content (AvgIpc) is 2.54. The number of ether oxygens (including phenoxy) is 1. The van der Waals surface area contributed by atoms with Crippen LogP contribution in [0.15, 0.2) is 42.5 Å². The van der Waals surface area contributed by atoms with Crippen LogP contribution in [0.3, 0.4) is 0 Å². The largest absolute Gasteiger partial charge is 0.495 e. The zero-order chi connectivity index (χ0) is 17.5. The second kappa shape index (κ2) is 8.31.